The second-order valence-electron chi connectivity index (χ2n) is 4.83. The molecular weight excluding hydrogens is 318 g/mol. The average molecular weight is 337 g/mol. The molecule has 118 valence electrons. The van der Waals surface area contributed by atoms with E-state index in [-0.39, 0.29) is 4.90 Å². The second-order valence-corrected chi connectivity index (χ2v) is 7.41. The minimum atomic E-state index is -3.74. The van der Waals surface area contributed by atoms with E-state index in [1.165, 1.54) is 5.56 Å². The molecule has 2 N–H and O–H groups in total. The van der Waals surface area contributed by atoms with Crippen molar-refractivity contribution in [2.24, 2.45) is 5.14 Å². The fraction of sp³-hybridized carbons (Fsp3) is 0.250. The molecule has 2 aromatic carbocycles. The molecule has 22 heavy (non-hydrogen) atoms. The van der Waals surface area contributed by atoms with Crippen molar-refractivity contribution >= 4 is 21.8 Å². The summed E-state index contributed by atoms with van der Waals surface area (Å²) in [5.41, 5.74) is 1.88. The van der Waals surface area contributed by atoms with E-state index in [9.17, 15) is 8.42 Å². The number of methoxy groups -OCH3 is 1. The number of ether oxygens (including phenoxy) is 1. The Labute approximate surface area is 135 Å². The van der Waals surface area contributed by atoms with E-state index in [4.69, 9.17) is 9.88 Å². The van der Waals surface area contributed by atoms with Gasteiger partial charge in [-0.2, -0.15) is 0 Å². The third-order valence-corrected chi connectivity index (χ3v) is 5.23. The van der Waals surface area contributed by atoms with Crippen molar-refractivity contribution < 1.29 is 13.2 Å². The largest absolute Gasteiger partial charge is 0.384 e. The quantitative estimate of drug-likeness (QED) is 0.789. The monoisotopic (exact) mass is 337 g/mol. The number of nitrogens with two attached hydrogens (primary N) is 1. The van der Waals surface area contributed by atoms with E-state index < -0.39 is 10.0 Å². The molecular formula is C16H19NO3S2. The van der Waals surface area contributed by atoms with Gasteiger partial charge >= 0.3 is 0 Å². The van der Waals surface area contributed by atoms with Gasteiger partial charge in [-0.25, -0.2) is 13.6 Å². The van der Waals surface area contributed by atoms with Gasteiger partial charge in [-0.05, 0) is 29.7 Å². The van der Waals surface area contributed by atoms with Gasteiger partial charge in [0.25, 0.3) is 0 Å². The summed E-state index contributed by atoms with van der Waals surface area (Å²) in [5, 5.41) is 5.33. The van der Waals surface area contributed by atoms with Gasteiger partial charge in [0.15, 0.2) is 0 Å². The first-order valence-corrected chi connectivity index (χ1v) is 9.35. The van der Waals surface area contributed by atoms with E-state index in [1.54, 1.807) is 24.9 Å². The highest BCUT2D eigenvalue weighted by Gasteiger charge is 2.15. The molecule has 0 spiro atoms. The van der Waals surface area contributed by atoms with Crippen LogP contribution in [0.2, 0.25) is 0 Å². The van der Waals surface area contributed by atoms with E-state index >= 15 is 0 Å². The Hall–Kier alpha value is -1.34. The molecule has 0 fully saturated rings. The highest BCUT2D eigenvalue weighted by molar-refractivity contribution is 7.98. The zero-order chi connectivity index (χ0) is 16.0. The second kappa shape index (κ2) is 7.78. The summed E-state index contributed by atoms with van der Waals surface area (Å²) < 4.78 is 28.6. The van der Waals surface area contributed by atoms with Crippen molar-refractivity contribution in [1.82, 2.24) is 0 Å². The molecule has 0 aliphatic heterocycles. The maximum Gasteiger partial charge on any atom is 0.238 e. The summed E-state index contributed by atoms with van der Waals surface area (Å²) in [6, 6.07) is 15.4. The predicted molar refractivity (Wildman–Crippen MR) is 89.4 cm³/mol. The summed E-state index contributed by atoms with van der Waals surface area (Å²) >= 11 is 1.59. The van der Waals surface area contributed by atoms with E-state index in [1.807, 2.05) is 42.5 Å². The Bertz CT molecular complexity index is 715. The lowest BCUT2D eigenvalue weighted by atomic mass is 10.2. The standard InChI is InChI=1S/C16H19NO3S2/c1-20-10-9-14-7-8-15(11-16(14)22(17,18)19)21-12-13-5-3-2-4-6-13/h2-8,11H,9-10,12H2,1H3,(H2,17,18,19). The van der Waals surface area contributed by atoms with Crippen molar-refractivity contribution in [3.05, 3.63) is 59.7 Å². The van der Waals surface area contributed by atoms with Crippen molar-refractivity contribution in [2.45, 2.75) is 22.0 Å². The van der Waals surface area contributed by atoms with Crippen molar-refractivity contribution in [1.29, 1.82) is 0 Å². The van der Waals surface area contributed by atoms with Crippen molar-refractivity contribution in [3.63, 3.8) is 0 Å². The number of rotatable bonds is 7. The highest BCUT2D eigenvalue weighted by Crippen LogP contribution is 2.27. The first-order chi connectivity index (χ1) is 10.5. The van der Waals surface area contributed by atoms with Gasteiger partial charge in [0, 0.05) is 17.8 Å². The molecule has 0 aliphatic rings. The molecule has 0 saturated heterocycles. The fourth-order valence-corrected chi connectivity index (χ4v) is 3.84. The first kappa shape index (κ1) is 17.0. The maximum atomic E-state index is 11.8. The van der Waals surface area contributed by atoms with Crippen LogP contribution in [-0.4, -0.2) is 22.1 Å². The SMILES string of the molecule is COCCc1ccc(SCc2ccccc2)cc1S(N)(=O)=O. The third kappa shape index (κ3) is 4.84. The Balaban J connectivity index is 2.19. The van der Waals surface area contributed by atoms with Crippen LogP contribution in [0.4, 0.5) is 0 Å². The van der Waals surface area contributed by atoms with Crippen LogP contribution in [0, 0.1) is 0 Å². The van der Waals surface area contributed by atoms with Crippen LogP contribution in [-0.2, 0) is 26.9 Å². The third-order valence-electron chi connectivity index (χ3n) is 3.17. The molecule has 2 rings (SSSR count). The molecule has 2 aromatic rings. The van der Waals surface area contributed by atoms with Gasteiger partial charge in [0.05, 0.1) is 11.5 Å². The molecule has 0 radical (unpaired) electrons. The predicted octanol–water partition coefficient (Wildman–Crippen LogP) is 2.82. The van der Waals surface area contributed by atoms with Gasteiger partial charge in [0.2, 0.25) is 10.0 Å². The molecule has 0 amide bonds. The normalized spacial score (nSPS) is 11.5. The number of thioether (sulfide) groups is 1. The van der Waals surface area contributed by atoms with E-state index in [0.717, 1.165) is 10.6 Å². The first-order valence-electron chi connectivity index (χ1n) is 6.82. The molecule has 0 aliphatic carbocycles. The van der Waals surface area contributed by atoms with E-state index in [2.05, 4.69) is 0 Å². The summed E-state index contributed by atoms with van der Waals surface area (Å²) in [4.78, 5) is 1.07. The van der Waals surface area contributed by atoms with Crippen LogP contribution < -0.4 is 5.14 Å². The van der Waals surface area contributed by atoms with Gasteiger partial charge < -0.3 is 4.74 Å². The Kier molecular flexibility index (Phi) is 6.02. The minimum Gasteiger partial charge on any atom is -0.384 e. The Morgan fingerprint density at radius 3 is 2.50 bits per heavy atom. The minimum absolute atomic E-state index is 0.183. The zero-order valence-electron chi connectivity index (χ0n) is 12.4. The number of primary sulfonamides is 1. The average Bonchev–Trinajstić information content (AvgIpc) is 2.51. The van der Waals surface area contributed by atoms with Gasteiger partial charge in [-0.3, -0.25) is 0 Å². The van der Waals surface area contributed by atoms with Gasteiger partial charge in [0.1, 0.15) is 0 Å². The number of sulfonamides is 1. The fourth-order valence-electron chi connectivity index (χ4n) is 2.05. The van der Waals surface area contributed by atoms with Crippen LogP contribution >= 0.6 is 11.8 Å². The lowest BCUT2D eigenvalue weighted by Gasteiger charge is -2.10. The van der Waals surface area contributed by atoms with Crippen molar-refractivity contribution in [3.8, 4) is 0 Å². The van der Waals surface area contributed by atoms with Crippen LogP contribution in [0.3, 0.4) is 0 Å². The maximum absolute atomic E-state index is 11.8. The molecule has 6 heteroatoms. The highest BCUT2D eigenvalue weighted by atomic mass is 32.2. The zero-order valence-corrected chi connectivity index (χ0v) is 14.0. The van der Waals surface area contributed by atoms with Crippen molar-refractivity contribution in [2.75, 3.05) is 13.7 Å². The molecule has 0 heterocycles. The van der Waals surface area contributed by atoms with Gasteiger partial charge in [-0.15, -0.1) is 11.8 Å². The number of hydrogen-bond acceptors (Lipinski definition) is 4. The summed E-state index contributed by atoms with van der Waals surface area (Å²) in [6.45, 7) is 0.457. The lowest BCUT2D eigenvalue weighted by Crippen LogP contribution is -2.15. The molecule has 0 atom stereocenters. The lowest BCUT2D eigenvalue weighted by molar-refractivity contribution is 0.202. The molecule has 0 bridgehead atoms. The molecule has 0 unspecified atom stereocenters. The molecule has 0 aromatic heterocycles. The molecule has 0 saturated carbocycles. The Morgan fingerprint density at radius 1 is 1.14 bits per heavy atom. The topological polar surface area (TPSA) is 69.4 Å². The Morgan fingerprint density at radius 2 is 1.86 bits per heavy atom. The summed E-state index contributed by atoms with van der Waals surface area (Å²) in [6.07, 6.45) is 0.520. The summed E-state index contributed by atoms with van der Waals surface area (Å²) in [7, 11) is -2.15. The smallest absolute Gasteiger partial charge is 0.238 e. The number of benzene rings is 2. The summed E-state index contributed by atoms with van der Waals surface area (Å²) in [5.74, 6) is 0.780. The van der Waals surface area contributed by atoms with E-state index in [0.29, 0.717) is 18.6 Å². The van der Waals surface area contributed by atoms with Gasteiger partial charge in [-0.1, -0.05) is 36.4 Å². The van der Waals surface area contributed by atoms with Crippen LogP contribution in [0.25, 0.3) is 0 Å². The van der Waals surface area contributed by atoms with Crippen LogP contribution in [0.15, 0.2) is 58.3 Å². The van der Waals surface area contributed by atoms with Crippen LogP contribution in [0.1, 0.15) is 11.1 Å². The molecule has 4 nitrogen and oxygen atoms in total. The van der Waals surface area contributed by atoms with Crippen LogP contribution in [0.5, 0.6) is 0 Å². The number of hydrogen-bond donors (Lipinski definition) is 1.